The molecule has 0 bridgehead atoms. The second-order valence-corrected chi connectivity index (χ2v) is 2.70. The molecular formula is C9H8F3NO3. The maximum atomic E-state index is 11.9. The number of hydrogen-bond acceptors (Lipinski definition) is 4. The molecular weight excluding hydrogens is 227 g/mol. The Labute approximate surface area is 88.9 Å². The van der Waals surface area contributed by atoms with Crippen LogP contribution in [0.25, 0.3) is 0 Å². The van der Waals surface area contributed by atoms with Gasteiger partial charge in [-0.2, -0.15) is 0 Å². The Bertz CT molecular complexity index is 390. The van der Waals surface area contributed by atoms with Crippen LogP contribution in [0.3, 0.4) is 0 Å². The van der Waals surface area contributed by atoms with E-state index in [1.165, 1.54) is 13.2 Å². The van der Waals surface area contributed by atoms with Crippen molar-refractivity contribution < 1.29 is 27.9 Å². The number of alkyl halides is 3. The van der Waals surface area contributed by atoms with E-state index in [1.807, 2.05) is 0 Å². The molecule has 0 atom stereocenters. The SMILES string of the molecule is COc1ccc(OC(F)(F)F)cc1/C=N/O. The number of rotatable bonds is 3. The van der Waals surface area contributed by atoms with Gasteiger partial charge in [0.1, 0.15) is 11.5 Å². The van der Waals surface area contributed by atoms with Gasteiger partial charge in [-0.25, -0.2) is 0 Å². The van der Waals surface area contributed by atoms with Gasteiger partial charge in [-0.3, -0.25) is 0 Å². The molecule has 0 amide bonds. The lowest BCUT2D eigenvalue weighted by Crippen LogP contribution is -2.17. The van der Waals surface area contributed by atoms with Crippen LogP contribution in [-0.2, 0) is 0 Å². The second-order valence-electron chi connectivity index (χ2n) is 2.70. The summed E-state index contributed by atoms with van der Waals surface area (Å²) in [5.41, 5.74) is 0.173. The van der Waals surface area contributed by atoms with Crippen molar-refractivity contribution in [1.82, 2.24) is 0 Å². The highest BCUT2D eigenvalue weighted by atomic mass is 19.4. The van der Waals surface area contributed by atoms with Crippen LogP contribution in [0.15, 0.2) is 23.4 Å². The van der Waals surface area contributed by atoms with Gasteiger partial charge in [0.15, 0.2) is 0 Å². The van der Waals surface area contributed by atoms with Gasteiger partial charge < -0.3 is 14.7 Å². The van der Waals surface area contributed by atoms with Crippen molar-refractivity contribution in [3.05, 3.63) is 23.8 Å². The number of nitrogens with zero attached hydrogens (tertiary/aromatic N) is 1. The van der Waals surface area contributed by atoms with E-state index in [4.69, 9.17) is 9.94 Å². The topological polar surface area (TPSA) is 51.0 Å². The molecule has 0 aliphatic carbocycles. The molecule has 0 radical (unpaired) electrons. The highest BCUT2D eigenvalue weighted by molar-refractivity contribution is 5.83. The molecule has 0 unspecified atom stereocenters. The Morgan fingerprint density at radius 3 is 2.56 bits per heavy atom. The van der Waals surface area contributed by atoms with E-state index in [-0.39, 0.29) is 11.3 Å². The van der Waals surface area contributed by atoms with Gasteiger partial charge in [0.2, 0.25) is 0 Å². The first-order chi connectivity index (χ1) is 7.46. The molecule has 0 heterocycles. The zero-order chi connectivity index (χ0) is 12.2. The Balaban J connectivity index is 3.02. The summed E-state index contributed by atoms with van der Waals surface area (Å²) in [4.78, 5) is 0. The average Bonchev–Trinajstić information content (AvgIpc) is 2.16. The molecule has 0 spiro atoms. The van der Waals surface area contributed by atoms with Crippen molar-refractivity contribution in [3.8, 4) is 11.5 Å². The lowest BCUT2D eigenvalue weighted by molar-refractivity contribution is -0.274. The minimum absolute atomic E-state index is 0.173. The van der Waals surface area contributed by atoms with Crippen LogP contribution >= 0.6 is 0 Å². The van der Waals surface area contributed by atoms with Gasteiger partial charge >= 0.3 is 6.36 Å². The van der Waals surface area contributed by atoms with Gasteiger partial charge in [-0.15, -0.1) is 13.2 Å². The number of hydrogen-bond donors (Lipinski definition) is 1. The van der Waals surface area contributed by atoms with Crippen LogP contribution in [0.2, 0.25) is 0 Å². The van der Waals surface area contributed by atoms with Crippen LogP contribution in [-0.4, -0.2) is 24.9 Å². The van der Waals surface area contributed by atoms with Gasteiger partial charge in [-0.1, -0.05) is 5.16 Å². The first-order valence-electron chi connectivity index (χ1n) is 4.07. The summed E-state index contributed by atoms with van der Waals surface area (Å²) in [7, 11) is 1.34. The highest BCUT2D eigenvalue weighted by Crippen LogP contribution is 2.27. The van der Waals surface area contributed by atoms with E-state index in [0.29, 0.717) is 0 Å². The van der Waals surface area contributed by atoms with Crippen molar-refractivity contribution in [2.24, 2.45) is 5.16 Å². The third-order valence-electron chi connectivity index (χ3n) is 1.63. The maximum absolute atomic E-state index is 11.9. The molecule has 0 aliphatic heterocycles. The standard InChI is InChI=1S/C9H8F3NO3/c1-15-8-3-2-7(16-9(10,11)12)4-6(8)5-13-14/h2-5,14H,1H3/b13-5+. The Hall–Kier alpha value is -1.92. The fourth-order valence-electron chi connectivity index (χ4n) is 1.07. The van der Waals surface area contributed by atoms with Crippen LogP contribution in [0.5, 0.6) is 11.5 Å². The van der Waals surface area contributed by atoms with Gasteiger partial charge in [-0.05, 0) is 18.2 Å². The van der Waals surface area contributed by atoms with Crippen molar-refractivity contribution >= 4 is 6.21 Å². The van der Waals surface area contributed by atoms with Gasteiger partial charge in [0.05, 0.1) is 13.3 Å². The number of ether oxygens (including phenoxy) is 2. The monoisotopic (exact) mass is 235 g/mol. The van der Waals surface area contributed by atoms with Crippen molar-refractivity contribution in [3.63, 3.8) is 0 Å². The molecule has 88 valence electrons. The molecule has 1 rings (SSSR count). The largest absolute Gasteiger partial charge is 0.573 e. The summed E-state index contributed by atoms with van der Waals surface area (Å²) < 4.78 is 44.2. The number of halogens is 3. The van der Waals surface area contributed by atoms with Gasteiger partial charge in [0, 0.05) is 5.56 Å². The first kappa shape index (κ1) is 12.2. The molecule has 1 N–H and O–H groups in total. The fourth-order valence-corrected chi connectivity index (χ4v) is 1.07. The van der Waals surface area contributed by atoms with E-state index in [2.05, 4.69) is 9.89 Å². The second kappa shape index (κ2) is 4.73. The summed E-state index contributed by atoms with van der Waals surface area (Å²) >= 11 is 0. The number of oxime groups is 1. The van der Waals surface area contributed by atoms with E-state index in [1.54, 1.807) is 0 Å². The lowest BCUT2D eigenvalue weighted by Gasteiger charge is -2.10. The predicted molar refractivity (Wildman–Crippen MR) is 49.1 cm³/mol. The molecule has 7 heteroatoms. The van der Waals surface area contributed by atoms with Crippen molar-refractivity contribution in [1.29, 1.82) is 0 Å². The van der Waals surface area contributed by atoms with Crippen LogP contribution in [0.4, 0.5) is 13.2 Å². The van der Waals surface area contributed by atoms with Crippen LogP contribution in [0, 0.1) is 0 Å². The molecule has 0 aliphatic rings. The molecule has 0 saturated heterocycles. The van der Waals surface area contributed by atoms with Crippen molar-refractivity contribution in [2.75, 3.05) is 7.11 Å². The molecule has 0 fully saturated rings. The zero-order valence-corrected chi connectivity index (χ0v) is 8.15. The summed E-state index contributed by atoms with van der Waals surface area (Å²) in [6.45, 7) is 0. The van der Waals surface area contributed by atoms with E-state index in [9.17, 15) is 13.2 Å². The third-order valence-corrected chi connectivity index (χ3v) is 1.63. The summed E-state index contributed by atoms with van der Waals surface area (Å²) in [6.07, 6.45) is -3.82. The maximum Gasteiger partial charge on any atom is 0.573 e. The fraction of sp³-hybridized carbons (Fsp3) is 0.222. The first-order valence-corrected chi connectivity index (χ1v) is 4.07. The van der Waals surface area contributed by atoms with Crippen molar-refractivity contribution in [2.45, 2.75) is 6.36 Å². The number of benzene rings is 1. The summed E-state index contributed by atoms with van der Waals surface area (Å²) in [6, 6.07) is 3.42. The van der Waals surface area contributed by atoms with E-state index in [0.717, 1.165) is 18.3 Å². The Kier molecular flexibility index (Phi) is 3.60. The van der Waals surface area contributed by atoms with E-state index < -0.39 is 12.1 Å². The normalized spacial score (nSPS) is 11.8. The number of methoxy groups -OCH3 is 1. The molecule has 1 aromatic carbocycles. The van der Waals surface area contributed by atoms with Gasteiger partial charge in [0.25, 0.3) is 0 Å². The third kappa shape index (κ3) is 3.34. The molecule has 1 aromatic rings. The van der Waals surface area contributed by atoms with Crippen LogP contribution in [0.1, 0.15) is 5.56 Å². The molecule has 0 aromatic heterocycles. The molecule has 4 nitrogen and oxygen atoms in total. The predicted octanol–water partition coefficient (Wildman–Crippen LogP) is 2.40. The minimum atomic E-state index is -4.76. The van der Waals surface area contributed by atoms with Crippen LogP contribution < -0.4 is 9.47 Å². The minimum Gasteiger partial charge on any atom is -0.496 e. The Morgan fingerprint density at radius 2 is 2.06 bits per heavy atom. The summed E-state index contributed by atoms with van der Waals surface area (Å²) in [5, 5.41) is 11.0. The average molecular weight is 235 g/mol. The zero-order valence-electron chi connectivity index (χ0n) is 8.15. The Morgan fingerprint density at radius 1 is 1.38 bits per heavy atom. The molecule has 16 heavy (non-hydrogen) atoms. The lowest BCUT2D eigenvalue weighted by atomic mass is 10.2. The smallest absolute Gasteiger partial charge is 0.496 e. The van der Waals surface area contributed by atoms with E-state index >= 15 is 0 Å². The summed E-state index contributed by atoms with van der Waals surface area (Å²) in [5.74, 6) is -0.143. The quantitative estimate of drug-likeness (QED) is 0.497. The highest BCUT2D eigenvalue weighted by Gasteiger charge is 2.31. The molecule has 0 saturated carbocycles.